The fraction of sp³-hybridized carbons (Fsp3) is 0.357. The van der Waals surface area contributed by atoms with Crippen LogP contribution in [0.5, 0.6) is 5.75 Å². The number of unbranched alkanes of at least 4 members (excludes halogenated alkanes) is 2. The average Bonchev–Trinajstić information content (AvgIpc) is 2.43. The van der Waals surface area contributed by atoms with Gasteiger partial charge in [-0.15, -0.1) is 0 Å². The van der Waals surface area contributed by atoms with Gasteiger partial charge < -0.3 is 4.74 Å². The number of hydrogen-bond acceptors (Lipinski definition) is 3. The van der Waals surface area contributed by atoms with Crippen molar-refractivity contribution in [2.75, 3.05) is 6.54 Å². The normalized spacial score (nSPS) is 9.47. The van der Waals surface area contributed by atoms with Crippen LogP contribution in [0, 0.1) is 0 Å². The number of rotatable bonds is 8. The van der Waals surface area contributed by atoms with Crippen molar-refractivity contribution < 1.29 is 9.53 Å². The molecular weight excluding hydrogens is 242 g/mol. The second-order valence-corrected chi connectivity index (χ2v) is 4.01. The Morgan fingerprint density at radius 3 is 2.68 bits per heavy atom. The lowest BCUT2D eigenvalue weighted by molar-refractivity contribution is -0.134. The van der Waals surface area contributed by atoms with E-state index in [4.69, 9.17) is 10.3 Å². The molecule has 0 atom stereocenters. The number of carbonyl (C=O) groups is 1. The predicted octanol–water partition coefficient (Wildman–Crippen LogP) is 4.11. The molecule has 0 bridgehead atoms. The molecule has 0 unspecified atom stereocenters. The molecule has 0 saturated heterocycles. The zero-order valence-electron chi connectivity index (χ0n) is 10.8. The molecule has 0 heterocycles. The number of esters is 1. The third-order valence-electron chi connectivity index (χ3n) is 2.55. The standard InChI is InChI=1S/C14H17N3O2/c1-2-12-7-9-13(10-8-12)19-14(18)6-4-3-5-11-16-17-15/h2,7-10H,1,3-6,11H2. The van der Waals surface area contributed by atoms with Crippen LogP contribution in [-0.2, 0) is 4.79 Å². The van der Waals surface area contributed by atoms with Crippen LogP contribution in [0.4, 0.5) is 0 Å². The van der Waals surface area contributed by atoms with E-state index in [2.05, 4.69) is 16.6 Å². The SMILES string of the molecule is C=Cc1ccc(OC(=O)CCCCCN=[N+]=[N-])cc1. The minimum absolute atomic E-state index is 0.241. The number of ether oxygens (including phenoxy) is 1. The van der Waals surface area contributed by atoms with E-state index >= 15 is 0 Å². The molecule has 0 N–H and O–H groups in total. The monoisotopic (exact) mass is 259 g/mol. The maximum Gasteiger partial charge on any atom is 0.311 e. The number of benzene rings is 1. The number of azide groups is 1. The Kier molecular flexibility index (Phi) is 6.84. The third kappa shape index (κ3) is 6.29. The van der Waals surface area contributed by atoms with Crippen LogP contribution in [0.2, 0.25) is 0 Å². The second-order valence-electron chi connectivity index (χ2n) is 4.01. The van der Waals surface area contributed by atoms with E-state index in [-0.39, 0.29) is 5.97 Å². The minimum atomic E-state index is -0.241. The van der Waals surface area contributed by atoms with Crippen LogP contribution < -0.4 is 4.74 Å². The van der Waals surface area contributed by atoms with Gasteiger partial charge in [0.25, 0.3) is 0 Å². The van der Waals surface area contributed by atoms with E-state index in [1.807, 2.05) is 12.1 Å². The molecule has 0 aliphatic carbocycles. The molecular formula is C14H17N3O2. The maximum atomic E-state index is 11.5. The van der Waals surface area contributed by atoms with Crippen molar-refractivity contribution in [3.05, 3.63) is 46.9 Å². The first kappa shape index (κ1) is 14.8. The van der Waals surface area contributed by atoms with Gasteiger partial charge in [0.05, 0.1) is 0 Å². The summed E-state index contributed by atoms with van der Waals surface area (Å²) >= 11 is 0. The summed E-state index contributed by atoms with van der Waals surface area (Å²) in [5.41, 5.74) is 9.07. The van der Waals surface area contributed by atoms with Gasteiger partial charge in [-0.1, -0.05) is 36.3 Å². The Morgan fingerprint density at radius 2 is 2.05 bits per heavy atom. The second kappa shape index (κ2) is 8.78. The molecule has 0 spiro atoms. The summed E-state index contributed by atoms with van der Waals surface area (Å²) < 4.78 is 5.19. The maximum absolute atomic E-state index is 11.5. The van der Waals surface area contributed by atoms with E-state index in [9.17, 15) is 4.79 Å². The Morgan fingerprint density at radius 1 is 1.32 bits per heavy atom. The van der Waals surface area contributed by atoms with Gasteiger partial charge in [-0.25, -0.2) is 0 Å². The summed E-state index contributed by atoms with van der Waals surface area (Å²) in [6, 6.07) is 7.18. The molecule has 1 rings (SSSR count). The lowest BCUT2D eigenvalue weighted by Gasteiger charge is -2.04. The lowest BCUT2D eigenvalue weighted by atomic mass is 10.2. The van der Waals surface area contributed by atoms with E-state index in [0.717, 1.165) is 24.8 Å². The van der Waals surface area contributed by atoms with Crippen molar-refractivity contribution in [3.63, 3.8) is 0 Å². The van der Waals surface area contributed by atoms with Gasteiger partial charge in [0.1, 0.15) is 5.75 Å². The highest BCUT2D eigenvalue weighted by atomic mass is 16.5. The summed E-state index contributed by atoms with van der Waals surface area (Å²) in [7, 11) is 0. The average molecular weight is 259 g/mol. The van der Waals surface area contributed by atoms with E-state index in [1.165, 1.54) is 0 Å². The predicted molar refractivity (Wildman–Crippen MR) is 74.6 cm³/mol. The Labute approximate surface area is 112 Å². The number of carbonyl (C=O) groups excluding carboxylic acids is 1. The molecule has 0 amide bonds. The quantitative estimate of drug-likeness (QED) is 0.176. The van der Waals surface area contributed by atoms with Crippen LogP contribution in [0.15, 0.2) is 36.0 Å². The van der Waals surface area contributed by atoms with Crippen LogP contribution in [0.25, 0.3) is 16.5 Å². The summed E-state index contributed by atoms with van der Waals surface area (Å²) in [5.74, 6) is 0.305. The number of hydrogen-bond donors (Lipinski definition) is 0. The molecule has 0 saturated carbocycles. The highest BCUT2D eigenvalue weighted by Gasteiger charge is 2.04. The van der Waals surface area contributed by atoms with Crippen LogP contribution in [0.1, 0.15) is 31.2 Å². The van der Waals surface area contributed by atoms with Crippen molar-refractivity contribution in [1.82, 2.24) is 0 Å². The van der Waals surface area contributed by atoms with Crippen molar-refractivity contribution in [1.29, 1.82) is 0 Å². The Bertz CT molecular complexity index is 462. The molecule has 0 fully saturated rings. The molecule has 0 radical (unpaired) electrons. The van der Waals surface area contributed by atoms with E-state index < -0.39 is 0 Å². The van der Waals surface area contributed by atoms with Crippen LogP contribution >= 0.6 is 0 Å². The van der Waals surface area contributed by atoms with Crippen LogP contribution in [0.3, 0.4) is 0 Å². The van der Waals surface area contributed by atoms with Gasteiger partial charge >= 0.3 is 5.97 Å². The molecule has 1 aromatic carbocycles. The van der Waals surface area contributed by atoms with Gasteiger partial charge in [0, 0.05) is 17.9 Å². The van der Waals surface area contributed by atoms with Crippen molar-refractivity contribution in [2.24, 2.45) is 5.11 Å². The smallest absolute Gasteiger partial charge is 0.311 e. The van der Waals surface area contributed by atoms with E-state index in [1.54, 1.807) is 18.2 Å². The first-order valence-corrected chi connectivity index (χ1v) is 6.20. The fourth-order valence-corrected chi connectivity index (χ4v) is 1.53. The summed E-state index contributed by atoms with van der Waals surface area (Å²) in [6.07, 6.45) is 4.49. The zero-order chi connectivity index (χ0) is 13.9. The number of nitrogens with zero attached hydrogens (tertiary/aromatic N) is 3. The van der Waals surface area contributed by atoms with Crippen molar-refractivity contribution >= 4 is 12.0 Å². The largest absolute Gasteiger partial charge is 0.427 e. The minimum Gasteiger partial charge on any atom is -0.427 e. The molecule has 5 heteroatoms. The summed E-state index contributed by atoms with van der Waals surface area (Å²) in [4.78, 5) is 14.2. The molecule has 0 aliphatic rings. The van der Waals surface area contributed by atoms with Gasteiger partial charge in [-0.3, -0.25) is 4.79 Å². The van der Waals surface area contributed by atoms with Gasteiger partial charge in [0.15, 0.2) is 0 Å². The van der Waals surface area contributed by atoms with E-state index in [0.29, 0.717) is 18.7 Å². The molecule has 1 aromatic rings. The molecule has 100 valence electrons. The summed E-state index contributed by atoms with van der Waals surface area (Å²) in [5, 5.41) is 3.43. The van der Waals surface area contributed by atoms with Gasteiger partial charge in [-0.2, -0.15) is 0 Å². The Hall–Kier alpha value is -2.26. The van der Waals surface area contributed by atoms with Gasteiger partial charge in [-0.05, 0) is 36.1 Å². The fourth-order valence-electron chi connectivity index (χ4n) is 1.53. The molecule has 0 aromatic heterocycles. The highest BCUT2D eigenvalue weighted by molar-refractivity contribution is 5.72. The third-order valence-corrected chi connectivity index (χ3v) is 2.55. The van der Waals surface area contributed by atoms with Crippen molar-refractivity contribution in [3.8, 4) is 5.75 Å². The first-order chi connectivity index (χ1) is 9.26. The van der Waals surface area contributed by atoms with Crippen molar-refractivity contribution in [2.45, 2.75) is 25.7 Å². The first-order valence-electron chi connectivity index (χ1n) is 6.20. The highest BCUT2D eigenvalue weighted by Crippen LogP contribution is 2.14. The van der Waals surface area contributed by atoms with Crippen LogP contribution in [-0.4, -0.2) is 12.5 Å². The molecule has 0 aliphatic heterocycles. The molecule has 5 nitrogen and oxygen atoms in total. The lowest BCUT2D eigenvalue weighted by Crippen LogP contribution is -2.07. The summed E-state index contributed by atoms with van der Waals surface area (Å²) in [6.45, 7) is 4.14. The molecule has 19 heavy (non-hydrogen) atoms. The van der Waals surface area contributed by atoms with Gasteiger partial charge in [0.2, 0.25) is 0 Å². The Balaban J connectivity index is 2.22. The topological polar surface area (TPSA) is 75.1 Å². The zero-order valence-corrected chi connectivity index (χ0v) is 10.8.